The molecular formula is C13H20O2S. The summed E-state index contributed by atoms with van der Waals surface area (Å²) < 4.78 is 5.37. The van der Waals surface area contributed by atoms with Crippen LogP contribution in [0.4, 0.5) is 0 Å². The molecule has 0 bridgehead atoms. The zero-order valence-corrected chi connectivity index (χ0v) is 11.5. The van der Waals surface area contributed by atoms with Crippen molar-refractivity contribution in [2.75, 3.05) is 0 Å². The van der Waals surface area contributed by atoms with E-state index in [9.17, 15) is 4.79 Å². The fraction of sp³-hybridized carbons (Fsp3) is 0.615. The fourth-order valence-electron chi connectivity index (χ4n) is 1.43. The number of thiophene rings is 1. The fourth-order valence-corrected chi connectivity index (χ4v) is 2.27. The van der Waals surface area contributed by atoms with E-state index in [0.29, 0.717) is 5.92 Å². The molecule has 0 aromatic carbocycles. The summed E-state index contributed by atoms with van der Waals surface area (Å²) in [6.07, 6.45) is 0.929. The maximum atomic E-state index is 11.9. The summed E-state index contributed by atoms with van der Waals surface area (Å²) in [5.41, 5.74) is 1.41. The molecule has 0 radical (unpaired) electrons. The van der Waals surface area contributed by atoms with Crippen LogP contribution < -0.4 is 0 Å². The predicted molar refractivity (Wildman–Crippen MR) is 68.0 cm³/mol. The van der Waals surface area contributed by atoms with Gasteiger partial charge < -0.3 is 4.74 Å². The number of ether oxygens (including phenoxy) is 1. The van der Waals surface area contributed by atoms with E-state index >= 15 is 0 Å². The highest BCUT2D eigenvalue weighted by Crippen LogP contribution is 2.21. The van der Waals surface area contributed by atoms with Crippen molar-refractivity contribution in [3.63, 3.8) is 0 Å². The Hall–Kier alpha value is -0.830. The van der Waals surface area contributed by atoms with E-state index in [-0.39, 0.29) is 5.97 Å². The smallest absolute Gasteiger partial charge is 0.339 e. The lowest BCUT2D eigenvalue weighted by Gasteiger charge is -2.19. The molecule has 1 heterocycles. The van der Waals surface area contributed by atoms with Gasteiger partial charge in [-0.05, 0) is 44.1 Å². The van der Waals surface area contributed by atoms with Crippen LogP contribution in [-0.4, -0.2) is 11.6 Å². The van der Waals surface area contributed by atoms with Crippen molar-refractivity contribution in [3.8, 4) is 0 Å². The third-order valence-electron chi connectivity index (χ3n) is 1.99. The van der Waals surface area contributed by atoms with Gasteiger partial charge in [0.05, 0.1) is 5.56 Å². The summed E-state index contributed by atoms with van der Waals surface area (Å²) in [6.45, 7) is 9.96. The molecule has 16 heavy (non-hydrogen) atoms. The second kappa shape index (κ2) is 5.00. The van der Waals surface area contributed by atoms with Gasteiger partial charge in [0.2, 0.25) is 0 Å². The second-order valence-electron chi connectivity index (χ2n) is 5.41. The highest BCUT2D eigenvalue weighted by Gasteiger charge is 2.21. The maximum Gasteiger partial charge on any atom is 0.339 e. The van der Waals surface area contributed by atoms with Gasteiger partial charge in [0, 0.05) is 5.38 Å². The molecule has 3 heteroatoms. The third-order valence-corrected chi connectivity index (χ3v) is 2.78. The lowest BCUT2D eigenvalue weighted by Crippen LogP contribution is -2.24. The topological polar surface area (TPSA) is 26.3 Å². The molecule has 1 rings (SSSR count). The Labute approximate surface area is 102 Å². The van der Waals surface area contributed by atoms with Gasteiger partial charge >= 0.3 is 5.97 Å². The number of hydrogen-bond donors (Lipinski definition) is 0. The Morgan fingerprint density at radius 2 is 2.00 bits per heavy atom. The van der Waals surface area contributed by atoms with Crippen molar-refractivity contribution >= 4 is 17.3 Å². The lowest BCUT2D eigenvalue weighted by molar-refractivity contribution is 0.00689. The monoisotopic (exact) mass is 240 g/mol. The molecule has 1 aromatic heterocycles. The molecular weight excluding hydrogens is 220 g/mol. The Balaban J connectivity index is 2.80. The first-order chi connectivity index (χ1) is 7.29. The normalized spacial score (nSPS) is 11.9. The Kier molecular flexibility index (Phi) is 4.14. The minimum absolute atomic E-state index is 0.204. The first kappa shape index (κ1) is 13.2. The SMILES string of the molecule is CC(C)Cc1cscc1C(=O)OC(C)(C)C. The minimum atomic E-state index is -0.422. The van der Waals surface area contributed by atoms with Crippen LogP contribution in [0.15, 0.2) is 10.8 Å². The largest absolute Gasteiger partial charge is 0.456 e. The van der Waals surface area contributed by atoms with Crippen LogP contribution >= 0.6 is 11.3 Å². The summed E-state index contributed by atoms with van der Waals surface area (Å²) in [5, 5.41) is 3.92. The van der Waals surface area contributed by atoms with E-state index in [0.717, 1.165) is 17.5 Å². The van der Waals surface area contributed by atoms with Crippen molar-refractivity contribution in [1.29, 1.82) is 0 Å². The average molecular weight is 240 g/mol. The molecule has 1 aromatic rings. The summed E-state index contributed by atoms with van der Waals surface area (Å²) in [7, 11) is 0. The molecule has 0 saturated heterocycles. The third kappa shape index (κ3) is 3.97. The molecule has 2 nitrogen and oxygen atoms in total. The lowest BCUT2D eigenvalue weighted by atomic mass is 10.0. The van der Waals surface area contributed by atoms with Crippen LogP contribution in [0.2, 0.25) is 0 Å². The van der Waals surface area contributed by atoms with Gasteiger partial charge in [-0.3, -0.25) is 0 Å². The Morgan fingerprint density at radius 1 is 1.38 bits per heavy atom. The van der Waals surface area contributed by atoms with E-state index < -0.39 is 5.60 Å². The molecule has 0 unspecified atom stereocenters. The van der Waals surface area contributed by atoms with Crippen molar-refractivity contribution in [2.45, 2.75) is 46.6 Å². The first-order valence-electron chi connectivity index (χ1n) is 5.58. The Bertz CT molecular complexity index is 358. The van der Waals surface area contributed by atoms with E-state index in [1.165, 1.54) is 0 Å². The summed E-state index contributed by atoms with van der Waals surface area (Å²) in [6, 6.07) is 0. The van der Waals surface area contributed by atoms with Crippen molar-refractivity contribution < 1.29 is 9.53 Å². The van der Waals surface area contributed by atoms with Gasteiger partial charge in [-0.1, -0.05) is 13.8 Å². The molecule has 0 saturated carbocycles. The molecule has 0 N–H and O–H groups in total. The van der Waals surface area contributed by atoms with Crippen molar-refractivity contribution in [2.24, 2.45) is 5.92 Å². The van der Waals surface area contributed by atoms with E-state index in [1.54, 1.807) is 11.3 Å². The summed E-state index contributed by atoms with van der Waals surface area (Å²) in [4.78, 5) is 11.9. The van der Waals surface area contributed by atoms with Crippen LogP contribution in [0.1, 0.15) is 50.5 Å². The van der Waals surface area contributed by atoms with Crippen LogP contribution in [0.5, 0.6) is 0 Å². The molecule has 0 aliphatic heterocycles. The number of carbonyl (C=O) groups is 1. The maximum absolute atomic E-state index is 11.9. The zero-order valence-electron chi connectivity index (χ0n) is 10.7. The first-order valence-corrected chi connectivity index (χ1v) is 6.52. The van der Waals surface area contributed by atoms with Gasteiger partial charge in [-0.15, -0.1) is 0 Å². The number of esters is 1. The zero-order chi connectivity index (χ0) is 12.3. The van der Waals surface area contributed by atoms with Crippen molar-refractivity contribution in [1.82, 2.24) is 0 Å². The number of hydrogen-bond acceptors (Lipinski definition) is 3. The standard InChI is InChI=1S/C13H20O2S/c1-9(2)6-10-7-16-8-11(10)12(14)15-13(3,4)5/h7-9H,6H2,1-5H3. The molecule has 0 aliphatic carbocycles. The molecule has 0 spiro atoms. The second-order valence-corrected chi connectivity index (χ2v) is 6.15. The quantitative estimate of drug-likeness (QED) is 0.749. The average Bonchev–Trinajstić information content (AvgIpc) is 2.47. The minimum Gasteiger partial charge on any atom is -0.456 e. The summed E-state index contributed by atoms with van der Waals surface area (Å²) in [5.74, 6) is 0.347. The highest BCUT2D eigenvalue weighted by molar-refractivity contribution is 7.08. The predicted octanol–water partition coefficient (Wildman–Crippen LogP) is 3.90. The van der Waals surface area contributed by atoms with Crippen LogP contribution in [0.3, 0.4) is 0 Å². The summed E-state index contributed by atoms with van der Waals surface area (Å²) >= 11 is 1.56. The molecule has 90 valence electrons. The van der Waals surface area contributed by atoms with Gasteiger partial charge in [-0.2, -0.15) is 11.3 Å². The Morgan fingerprint density at radius 3 is 2.50 bits per heavy atom. The van der Waals surface area contributed by atoms with Gasteiger partial charge in [0.1, 0.15) is 5.60 Å². The molecule has 0 atom stereocenters. The van der Waals surface area contributed by atoms with E-state index in [2.05, 4.69) is 13.8 Å². The van der Waals surface area contributed by atoms with Gasteiger partial charge in [-0.25, -0.2) is 4.79 Å². The molecule has 0 fully saturated rings. The van der Waals surface area contributed by atoms with Crippen molar-refractivity contribution in [3.05, 3.63) is 21.9 Å². The van der Waals surface area contributed by atoms with E-state index in [4.69, 9.17) is 4.74 Å². The number of rotatable bonds is 3. The highest BCUT2D eigenvalue weighted by atomic mass is 32.1. The van der Waals surface area contributed by atoms with Crippen LogP contribution in [0, 0.1) is 5.92 Å². The van der Waals surface area contributed by atoms with E-state index in [1.807, 2.05) is 31.5 Å². The van der Waals surface area contributed by atoms with Crippen LogP contribution in [0.25, 0.3) is 0 Å². The van der Waals surface area contributed by atoms with Gasteiger partial charge in [0.25, 0.3) is 0 Å². The number of carbonyl (C=O) groups excluding carboxylic acids is 1. The molecule has 0 amide bonds. The van der Waals surface area contributed by atoms with Gasteiger partial charge in [0.15, 0.2) is 0 Å². The molecule has 0 aliphatic rings. The van der Waals surface area contributed by atoms with Crippen LogP contribution in [-0.2, 0) is 11.2 Å².